The summed E-state index contributed by atoms with van der Waals surface area (Å²) in [5, 5.41) is 3.07. The molecule has 2 atom stereocenters. The van der Waals surface area contributed by atoms with E-state index in [0.717, 1.165) is 12.0 Å². The van der Waals surface area contributed by atoms with Crippen molar-refractivity contribution in [3.63, 3.8) is 0 Å². The summed E-state index contributed by atoms with van der Waals surface area (Å²) < 4.78 is 5.57. The Balaban J connectivity index is 1.84. The summed E-state index contributed by atoms with van der Waals surface area (Å²) in [7, 11) is 0. The van der Waals surface area contributed by atoms with Gasteiger partial charge in [-0.1, -0.05) is 48.9 Å². The minimum absolute atomic E-state index is 0.126. The van der Waals surface area contributed by atoms with Crippen molar-refractivity contribution in [1.29, 1.82) is 0 Å². The number of aryl methyl sites for hydroxylation is 1. The third-order valence-corrected chi connectivity index (χ3v) is 6.47. The lowest BCUT2D eigenvalue weighted by Crippen LogP contribution is -2.45. The summed E-state index contributed by atoms with van der Waals surface area (Å²) in [6.45, 7) is 2.30. The molecule has 1 aliphatic rings. The molecule has 33 heavy (non-hydrogen) atoms. The lowest BCUT2D eigenvalue weighted by molar-refractivity contribution is -0.130. The molecule has 2 aromatic carbocycles. The first-order valence-corrected chi connectivity index (χ1v) is 11.2. The summed E-state index contributed by atoms with van der Waals surface area (Å²) in [5.74, 6) is -1.72. The normalized spacial score (nSPS) is 18.6. The number of carbonyl (C=O) groups excluding carboxylic acids is 3. The largest absolute Gasteiger partial charge is 0.449 e. The monoisotopic (exact) mass is 472 g/mol. The minimum Gasteiger partial charge on any atom is -0.449 e. The summed E-state index contributed by atoms with van der Waals surface area (Å²) >= 11 is 6.40. The molecular weight excluding hydrogens is 444 g/mol. The van der Waals surface area contributed by atoms with Gasteiger partial charge in [0.1, 0.15) is 6.61 Å². The highest BCUT2D eigenvalue weighted by Gasteiger charge is 2.50. The van der Waals surface area contributed by atoms with E-state index in [2.05, 4.69) is 5.32 Å². The number of nitrogens with one attached hydrogen (secondary N) is 1. The van der Waals surface area contributed by atoms with Crippen LogP contribution in [0.2, 0.25) is 5.02 Å². The number of nitrogens with two attached hydrogens (primary N) is 2. The van der Waals surface area contributed by atoms with E-state index < -0.39 is 23.3 Å². The molecule has 1 heterocycles. The number of rotatable bonds is 8. The number of nitrogens with zero attached hydrogens (tertiary/aromatic N) is 1. The van der Waals surface area contributed by atoms with Gasteiger partial charge in [0.25, 0.3) is 0 Å². The van der Waals surface area contributed by atoms with Crippen LogP contribution in [0.1, 0.15) is 30.4 Å². The summed E-state index contributed by atoms with van der Waals surface area (Å²) in [4.78, 5) is 39.1. The molecule has 2 unspecified atom stereocenters. The van der Waals surface area contributed by atoms with Crippen LogP contribution in [0, 0.1) is 5.41 Å². The number of ether oxygens (including phenoxy) is 1. The molecule has 1 saturated heterocycles. The van der Waals surface area contributed by atoms with E-state index in [1.807, 2.05) is 19.1 Å². The smallest absolute Gasteiger partial charge is 0.411 e. The predicted molar refractivity (Wildman–Crippen MR) is 127 cm³/mol. The Labute approximate surface area is 198 Å². The Morgan fingerprint density at radius 3 is 2.48 bits per heavy atom. The molecule has 0 spiro atoms. The number of hydrogen-bond acceptors (Lipinski definition) is 5. The van der Waals surface area contributed by atoms with Gasteiger partial charge < -0.3 is 21.1 Å². The van der Waals surface area contributed by atoms with Crippen molar-refractivity contribution >= 4 is 35.2 Å². The van der Waals surface area contributed by atoms with E-state index in [9.17, 15) is 14.4 Å². The second-order valence-corrected chi connectivity index (χ2v) is 8.65. The number of primary amides is 1. The molecule has 1 aliphatic heterocycles. The molecule has 0 aromatic heterocycles. The summed E-state index contributed by atoms with van der Waals surface area (Å²) in [6, 6.07) is 14.3. The van der Waals surface area contributed by atoms with E-state index in [4.69, 9.17) is 27.8 Å². The highest BCUT2D eigenvalue weighted by molar-refractivity contribution is 6.31. The van der Waals surface area contributed by atoms with Crippen molar-refractivity contribution < 1.29 is 19.1 Å². The number of amides is 3. The van der Waals surface area contributed by atoms with Crippen LogP contribution >= 0.6 is 11.6 Å². The third-order valence-electron chi connectivity index (χ3n) is 6.13. The van der Waals surface area contributed by atoms with E-state index >= 15 is 0 Å². The van der Waals surface area contributed by atoms with Crippen molar-refractivity contribution in [2.45, 2.75) is 25.7 Å². The van der Waals surface area contributed by atoms with Crippen LogP contribution in [0.25, 0.3) is 0 Å². The first-order chi connectivity index (χ1) is 15.8. The Morgan fingerprint density at radius 1 is 1.18 bits per heavy atom. The molecule has 3 amide bonds. The molecule has 0 saturated carbocycles. The number of carbonyl (C=O) groups is 3. The first-order valence-electron chi connectivity index (χ1n) is 10.8. The average Bonchev–Trinajstić information content (AvgIpc) is 3.24. The van der Waals surface area contributed by atoms with Crippen LogP contribution in [-0.2, 0) is 20.7 Å². The van der Waals surface area contributed by atoms with Gasteiger partial charge in [0.2, 0.25) is 11.8 Å². The zero-order valence-corrected chi connectivity index (χ0v) is 19.3. The molecule has 2 aromatic rings. The van der Waals surface area contributed by atoms with E-state index in [-0.39, 0.29) is 25.6 Å². The quantitative estimate of drug-likeness (QED) is 0.544. The summed E-state index contributed by atoms with van der Waals surface area (Å²) in [6.07, 6.45) is 0.627. The zero-order chi connectivity index (χ0) is 24.0. The topological polar surface area (TPSA) is 128 Å². The average molecular weight is 473 g/mol. The fourth-order valence-corrected chi connectivity index (χ4v) is 4.60. The maximum Gasteiger partial charge on any atom is 0.411 e. The zero-order valence-electron chi connectivity index (χ0n) is 18.6. The molecule has 176 valence electrons. The van der Waals surface area contributed by atoms with Crippen molar-refractivity contribution in [3.05, 3.63) is 64.7 Å². The highest BCUT2D eigenvalue weighted by atomic mass is 35.5. The van der Waals surface area contributed by atoms with E-state index in [1.54, 1.807) is 41.3 Å². The number of halogens is 1. The Morgan fingerprint density at radius 2 is 1.88 bits per heavy atom. The fraction of sp³-hybridized carbons (Fsp3) is 0.375. The molecule has 0 radical (unpaired) electrons. The Hall–Kier alpha value is -3.10. The lowest BCUT2D eigenvalue weighted by Gasteiger charge is -2.35. The van der Waals surface area contributed by atoms with Crippen molar-refractivity contribution in [2.75, 3.05) is 31.6 Å². The van der Waals surface area contributed by atoms with Crippen LogP contribution in [0.4, 0.5) is 10.5 Å². The molecule has 1 fully saturated rings. The van der Waals surface area contributed by atoms with Gasteiger partial charge in [-0.2, -0.15) is 0 Å². The van der Waals surface area contributed by atoms with Gasteiger partial charge >= 0.3 is 6.09 Å². The van der Waals surface area contributed by atoms with Gasteiger partial charge in [-0.05, 0) is 42.2 Å². The van der Waals surface area contributed by atoms with Crippen molar-refractivity contribution in [3.8, 4) is 0 Å². The first kappa shape index (κ1) is 24.5. The maximum absolute atomic E-state index is 12.7. The van der Waals surface area contributed by atoms with Crippen LogP contribution in [0.15, 0.2) is 48.5 Å². The second kappa shape index (κ2) is 10.7. The van der Waals surface area contributed by atoms with E-state index in [1.165, 1.54) is 0 Å². The van der Waals surface area contributed by atoms with Crippen LogP contribution in [0.5, 0.6) is 0 Å². The molecule has 0 bridgehead atoms. The van der Waals surface area contributed by atoms with Gasteiger partial charge in [0.05, 0.1) is 12.5 Å². The molecule has 0 aliphatic carbocycles. The molecule has 5 N–H and O–H groups in total. The SMILES string of the molecule is CCc1ccc(NC(=O)OCC2(C(C(N)=O)c3ccccc3Cl)CCN(C(=O)CN)C2)cc1. The van der Waals surface area contributed by atoms with Gasteiger partial charge in [-0.25, -0.2) is 4.79 Å². The number of benzene rings is 2. The van der Waals surface area contributed by atoms with Gasteiger partial charge in [-0.15, -0.1) is 0 Å². The third kappa shape index (κ3) is 5.64. The summed E-state index contributed by atoms with van der Waals surface area (Å²) in [5.41, 5.74) is 12.7. The number of hydrogen-bond donors (Lipinski definition) is 3. The van der Waals surface area contributed by atoms with Crippen LogP contribution < -0.4 is 16.8 Å². The molecule has 9 heteroatoms. The lowest BCUT2D eigenvalue weighted by atomic mass is 9.71. The van der Waals surface area contributed by atoms with Gasteiger partial charge in [0, 0.05) is 29.2 Å². The molecule has 3 rings (SSSR count). The van der Waals surface area contributed by atoms with Crippen molar-refractivity contribution in [2.24, 2.45) is 16.9 Å². The van der Waals surface area contributed by atoms with Gasteiger partial charge in [-0.3, -0.25) is 14.9 Å². The molecular formula is C24H29ClN4O4. The molecule has 8 nitrogen and oxygen atoms in total. The van der Waals surface area contributed by atoms with Gasteiger partial charge in [0.15, 0.2) is 0 Å². The standard InChI is InChI=1S/C24H29ClN4O4/c1-2-16-7-9-17(10-8-16)28-23(32)33-15-24(11-12-29(14-24)20(30)13-26)21(22(27)31)18-5-3-4-6-19(18)25/h3-10,21H,2,11-15,26H2,1H3,(H2,27,31)(H,28,32). The predicted octanol–water partition coefficient (Wildman–Crippen LogP) is 2.90. The second-order valence-electron chi connectivity index (χ2n) is 8.24. The fourth-order valence-electron chi connectivity index (χ4n) is 4.36. The van der Waals surface area contributed by atoms with Crippen molar-refractivity contribution in [1.82, 2.24) is 4.90 Å². The van der Waals surface area contributed by atoms with Crippen LogP contribution in [-0.4, -0.2) is 49.0 Å². The highest BCUT2D eigenvalue weighted by Crippen LogP contribution is 2.46. The number of likely N-dealkylation sites (tertiary alicyclic amines) is 1. The number of anilines is 1. The minimum atomic E-state index is -0.939. The van der Waals surface area contributed by atoms with Crippen LogP contribution in [0.3, 0.4) is 0 Å². The van der Waals surface area contributed by atoms with E-state index in [0.29, 0.717) is 29.2 Å². The maximum atomic E-state index is 12.7. The Kier molecular flexibility index (Phi) is 7.94. The Bertz CT molecular complexity index is 1010.